The molecule has 6 nitrogen and oxygen atoms in total. The summed E-state index contributed by atoms with van der Waals surface area (Å²) in [5, 5.41) is 8.92. The van der Waals surface area contributed by atoms with Crippen molar-refractivity contribution in [3.8, 4) is 11.5 Å². The first-order chi connectivity index (χ1) is 8.74. The molecule has 0 radical (unpaired) electrons. The second-order valence-electron chi connectivity index (χ2n) is 3.77. The number of rotatable bonds is 6. The van der Waals surface area contributed by atoms with Crippen LogP contribution < -0.4 is 9.47 Å². The maximum Gasteiger partial charge on any atom is 0.335 e. The van der Waals surface area contributed by atoms with Gasteiger partial charge in [0.1, 0.15) is 6.61 Å². The van der Waals surface area contributed by atoms with E-state index in [0.717, 1.165) is 6.26 Å². The zero-order valence-electron chi connectivity index (χ0n) is 10.3. The maximum absolute atomic E-state index is 11.0. The van der Waals surface area contributed by atoms with Gasteiger partial charge in [-0.15, -0.1) is 0 Å². The molecule has 0 spiro atoms. The third kappa shape index (κ3) is 4.60. The molecule has 0 heterocycles. The number of carboxylic acids is 1. The molecule has 19 heavy (non-hydrogen) atoms. The lowest BCUT2D eigenvalue weighted by Crippen LogP contribution is -2.13. The molecule has 0 aliphatic rings. The van der Waals surface area contributed by atoms with Gasteiger partial charge in [-0.1, -0.05) is 11.6 Å². The largest absolute Gasteiger partial charge is 0.493 e. The van der Waals surface area contributed by atoms with Crippen LogP contribution in [-0.4, -0.2) is 45.2 Å². The summed E-state index contributed by atoms with van der Waals surface area (Å²) in [7, 11) is -1.82. The van der Waals surface area contributed by atoms with Crippen LogP contribution in [0.5, 0.6) is 11.5 Å². The van der Waals surface area contributed by atoms with Gasteiger partial charge in [0.05, 0.1) is 23.4 Å². The highest BCUT2D eigenvalue weighted by molar-refractivity contribution is 7.90. The van der Waals surface area contributed by atoms with Crippen molar-refractivity contribution in [1.29, 1.82) is 0 Å². The number of benzene rings is 1. The molecule has 0 saturated heterocycles. The Morgan fingerprint density at radius 2 is 2.05 bits per heavy atom. The van der Waals surface area contributed by atoms with Gasteiger partial charge >= 0.3 is 5.97 Å². The molecule has 0 atom stereocenters. The van der Waals surface area contributed by atoms with Crippen molar-refractivity contribution in [2.24, 2.45) is 0 Å². The molecule has 0 aliphatic carbocycles. The Labute approximate surface area is 115 Å². The number of ether oxygens (including phenoxy) is 2. The van der Waals surface area contributed by atoms with Crippen molar-refractivity contribution >= 4 is 27.4 Å². The summed E-state index contributed by atoms with van der Waals surface area (Å²) in [6, 6.07) is 2.46. The first-order valence-corrected chi connectivity index (χ1v) is 7.60. The van der Waals surface area contributed by atoms with E-state index in [1.165, 1.54) is 19.2 Å². The van der Waals surface area contributed by atoms with E-state index in [2.05, 4.69) is 0 Å². The molecule has 106 valence electrons. The van der Waals surface area contributed by atoms with Crippen LogP contribution in [0.1, 0.15) is 10.4 Å². The molecule has 1 N–H and O–H groups in total. The molecule has 0 aliphatic heterocycles. The van der Waals surface area contributed by atoms with Crippen LogP contribution in [0, 0.1) is 0 Å². The van der Waals surface area contributed by atoms with E-state index in [4.69, 9.17) is 26.2 Å². The Bertz CT molecular complexity index is 581. The molecule has 0 saturated carbocycles. The number of sulfone groups is 1. The van der Waals surface area contributed by atoms with Crippen molar-refractivity contribution < 1.29 is 27.8 Å². The lowest BCUT2D eigenvalue weighted by atomic mass is 10.2. The van der Waals surface area contributed by atoms with Gasteiger partial charge in [-0.2, -0.15) is 0 Å². The highest BCUT2D eigenvalue weighted by Crippen LogP contribution is 2.36. The molecule has 0 fully saturated rings. The number of carboxylic acid groups (broad SMARTS) is 1. The second-order valence-corrected chi connectivity index (χ2v) is 6.44. The van der Waals surface area contributed by atoms with Gasteiger partial charge in [-0.05, 0) is 12.1 Å². The number of carbonyl (C=O) groups is 1. The van der Waals surface area contributed by atoms with Crippen molar-refractivity contribution in [2.45, 2.75) is 0 Å². The standard InChI is InChI=1S/C11H13ClO6S/c1-17-9-6-7(11(13)14)5-8(12)10(9)18-3-4-19(2,15)16/h5-6H,3-4H2,1-2H3,(H,13,14). The Kier molecular flexibility index (Phi) is 5.02. The fourth-order valence-corrected chi connectivity index (χ4v) is 1.93. The Morgan fingerprint density at radius 3 is 2.53 bits per heavy atom. The third-order valence-corrected chi connectivity index (χ3v) is 3.37. The molecule has 1 aromatic carbocycles. The fourth-order valence-electron chi connectivity index (χ4n) is 1.28. The van der Waals surface area contributed by atoms with Crippen LogP contribution >= 0.6 is 11.6 Å². The lowest BCUT2D eigenvalue weighted by Gasteiger charge is -2.12. The van der Waals surface area contributed by atoms with Crippen LogP contribution in [0.25, 0.3) is 0 Å². The molecule has 1 rings (SSSR count). The smallest absolute Gasteiger partial charge is 0.335 e. The monoisotopic (exact) mass is 308 g/mol. The second kappa shape index (κ2) is 6.12. The summed E-state index contributed by atoms with van der Waals surface area (Å²) in [5.41, 5.74) is -0.0442. The molecule has 0 aromatic heterocycles. The summed E-state index contributed by atoms with van der Waals surface area (Å²) in [5.74, 6) is -1.06. The van der Waals surface area contributed by atoms with Crippen LogP contribution in [0.4, 0.5) is 0 Å². The SMILES string of the molecule is COc1cc(C(=O)O)cc(Cl)c1OCCS(C)(=O)=O. The highest BCUT2D eigenvalue weighted by Gasteiger charge is 2.15. The van der Waals surface area contributed by atoms with E-state index < -0.39 is 15.8 Å². The first-order valence-electron chi connectivity index (χ1n) is 5.16. The van der Waals surface area contributed by atoms with Gasteiger partial charge in [-0.3, -0.25) is 0 Å². The van der Waals surface area contributed by atoms with E-state index in [1.807, 2.05) is 0 Å². The quantitative estimate of drug-likeness (QED) is 0.856. The molecule has 0 amide bonds. The maximum atomic E-state index is 11.0. The van der Waals surface area contributed by atoms with E-state index in [9.17, 15) is 13.2 Å². The minimum Gasteiger partial charge on any atom is -0.493 e. The predicted molar refractivity (Wildman–Crippen MR) is 70.2 cm³/mol. The minimum atomic E-state index is -3.15. The van der Waals surface area contributed by atoms with Crippen LogP contribution in [-0.2, 0) is 9.84 Å². The summed E-state index contributed by atoms with van der Waals surface area (Å²) in [6.07, 6.45) is 1.09. The average Bonchev–Trinajstić information content (AvgIpc) is 2.28. The van der Waals surface area contributed by atoms with Crippen molar-refractivity contribution in [1.82, 2.24) is 0 Å². The third-order valence-electron chi connectivity index (χ3n) is 2.18. The van der Waals surface area contributed by atoms with Crippen molar-refractivity contribution in [3.63, 3.8) is 0 Å². The number of aromatic carboxylic acids is 1. The minimum absolute atomic E-state index is 0.0442. The number of hydrogen-bond donors (Lipinski definition) is 1. The van der Waals surface area contributed by atoms with Gasteiger partial charge in [0.2, 0.25) is 0 Å². The lowest BCUT2D eigenvalue weighted by molar-refractivity contribution is 0.0696. The van der Waals surface area contributed by atoms with Gasteiger partial charge in [0.15, 0.2) is 21.3 Å². The molecular formula is C11H13ClO6S. The highest BCUT2D eigenvalue weighted by atomic mass is 35.5. The number of methoxy groups -OCH3 is 1. The van der Waals surface area contributed by atoms with Crippen molar-refractivity contribution in [3.05, 3.63) is 22.7 Å². The number of hydrogen-bond acceptors (Lipinski definition) is 5. The van der Waals surface area contributed by atoms with E-state index in [-0.39, 0.29) is 34.4 Å². The van der Waals surface area contributed by atoms with Crippen molar-refractivity contribution in [2.75, 3.05) is 25.7 Å². The zero-order valence-corrected chi connectivity index (χ0v) is 11.9. The molecular weight excluding hydrogens is 296 g/mol. The Morgan fingerprint density at radius 1 is 1.42 bits per heavy atom. The first kappa shape index (κ1) is 15.6. The van der Waals surface area contributed by atoms with E-state index in [0.29, 0.717) is 0 Å². The Balaban J connectivity index is 2.97. The normalized spacial score (nSPS) is 11.1. The molecule has 0 unspecified atom stereocenters. The average molecular weight is 309 g/mol. The van der Waals surface area contributed by atoms with Gasteiger partial charge in [0, 0.05) is 6.26 Å². The van der Waals surface area contributed by atoms with Crippen LogP contribution in [0.3, 0.4) is 0 Å². The van der Waals surface area contributed by atoms with Crippen LogP contribution in [0.15, 0.2) is 12.1 Å². The van der Waals surface area contributed by atoms with Gasteiger partial charge < -0.3 is 14.6 Å². The predicted octanol–water partition coefficient (Wildman–Crippen LogP) is 1.47. The Hall–Kier alpha value is -1.47. The summed E-state index contributed by atoms with van der Waals surface area (Å²) in [4.78, 5) is 10.8. The van der Waals surface area contributed by atoms with E-state index in [1.54, 1.807) is 0 Å². The van der Waals surface area contributed by atoms with Crippen LogP contribution in [0.2, 0.25) is 5.02 Å². The molecule has 1 aromatic rings. The summed E-state index contributed by atoms with van der Waals surface area (Å²) in [6.45, 7) is -0.0959. The summed E-state index contributed by atoms with van der Waals surface area (Å²) < 4.78 is 32.2. The fraction of sp³-hybridized carbons (Fsp3) is 0.364. The topological polar surface area (TPSA) is 89.9 Å². The van der Waals surface area contributed by atoms with Gasteiger partial charge in [0.25, 0.3) is 0 Å². The van der Waals surface area contributed by atoms with Gasteiger partial charge in [-0.25, -0.2) is 13.2 Å². The zero-order chi connectivity index (χ0) is 14.6. The summed E-state index contributed by atoms with van der Waals surface area (Å²) >= 11 is 5.89. The molecule has 0 bridgehead atoms. The molecule has 8 heteroatoms. The number of halogens is 1. The van der Waals surface area contributed by atoms with E-state index >= 15 is 0 Å².